The first kappa shape index (κ1) is 13.3. The molecule has 0 unspecified atom stereocenters. The second-order valence-electron chi connectivity index (χ2n) is 4.68. The zero-order valence-electron chi connectivity index (χ0n) is 10.8. The Morgan fingerprint density at radius 3 is 2.94 bits per heavy atom. The fraction of sp³-hybridized carbons (Fsp3) is 0.583. The molecule has 1 aromatic rings. The Kier molecular flexibility index (Phi) is 3.87. The molecule has 2 heterocycles. The number of aromatic nitrogens is 1. The van der Waals surface area contributed by atoms with Crippen molar-refractivity contribution in [1.29, 1.82) is 0 Å². The summed E-state index contributed by atoms with van der Waals surface area (Å²) < 4.78 is 24.7. The summed E-state index contributed by atoms with van der Waals surface area (Å²) in [5.74, 6) is 1.09. The maximum absolute atomic E-state index is 11.6. The van der Waals surface area contributed by atoms with Crippen LogP contribution in [0.2, 0.25) is 0 Å². The lowest BCUT2D eigenvalue weighted by Gasteiger charge is -2.31. The molecule has 6 heteroatoms. The van der Waals surface area contributed by atoms with Crippen molar-refractivity contribution in [3.05, 3.63) is 23.9 Å². The Labute approximate surface area is 108 Å². The van der Waals surface area contributed by atoms with Crippen molar-refractivity contribution in [1.82, 2.24) is 9.29 Å². The normalized spacial score (nSPS) is 21.8. The molecule has 2 rings (SSSR count). The number of hydrogen-bond acceptors (Lipinski definition) is 4. The number of hydrogen-bond donors (Lipinski definition) is 1. The van der Waals surface area contributed by atoms with Gasteiger partial charge in [0.15, 0.2) is 0 Å². The molecule has 0 aliphatic carbocycles. The van der Waals surface area contributed by atoms with Gasteiger partial charge in [-0.05, 0) is 36.5 Å². The number of nitrogens with one attached hydrogen (secondary N) is 1. The highest BCUT2D eigenvalue weighted by molar-refractivity contribution is 7.88. The summed E-state index contributed by atoms with van der Waals surface area (Å²) in [5.41, 5.74) is 1.16. The molecule has 0 saturated carbocycles. The minimum absolute atomic E-state index is 0.267. The maximum atomic E-state index is 11.6. The number of nitrogens with zero attached hydrogens (tertiary/aromatic N) is 2. The van der Waals surface area contributed by atoms with Crippen LogP contribution in [0.1, 0.15) is 24.3 Å². The lowest BCUT2D eigenvalue weighted by atomic mass is 9.92. The quantitative estimate of drug-likeness (QED) is 0.897. The third-order valence-electron chi connectivity index (χ3n) is 3.36. The van der Waals surface area contributed by atoms with Gasteiger partial charge in [0.25, 0.3) is 0 Å². The summed E-state index contributed by atoms with van der Waals surface area (Å²) in [6.45, 7) is 1.21. The SMILES string of the molecule is CNc1cc([C@H]2CCCN(S(C)(=O)=O)C2)ccn1. The van der Waals surface area contributed by atoms with Crippen LogP contribution in [0.4, 0.5) is 5.82 Å². The van der Waals surface area contributed by atoms with E-state index in [0.29, 0.717) is 13.1 Å². The van der Waals surface area contributed by atoms with Crippen LogP contribution >= 0.6 is 0 Å². The van der Waals surface area contributed by atoms with Crippen LogP contribution in [-0.4, -0.2) is 44.1 Å². The fourth-order valence-electron chi connectivity index (χ4n) is 2.35. The summed E-state index contributed by atoms with van der Waals surface area (Å²) in [5, 5.41) is 3.00. The minimum atomic E-state index is -3.08. The van der Waals surface area contributed by atoms with Gasteiger partial charge in [0.1, 0.15) is 5.82 Å². The molecule has 1 fully saturated rings. The van der Waals surface area contributed by atoms with Crippen LogP contribution in [0.15, 0.2) is 18.3 Å². The third kappa shape index (κ3) is 3.00. The van der Waals surface area contributed by atoms with Gasteiger partial charge in [0.2, 0.25) is 10.0 Å². The summed E-state index contributed by atoms with van der Waals surface area (Å²) in [4.78, 5) is 4.18. The molecule has 1 saturated heterocycles. The van der Waals surface area contributed by atoms with Crippen molar-refractivity contribution < 1.29 is 8.42 Å². The Hall–Kier alpha value is -1.14. The standard InChI is InChI=1S/C12H19N3O2S/c1-13-12-8-10(5-6-14-12)11-4-3-7-15(9-11)18(2,16)17/h5-6,8,11H,3-4,7,9H2,1-2H3,(H,13,14)/t11-/m0/s1. The van der Waals surface area contributed by atoms with E-state index in [4.69, 9.17) is 0 Å². The van der Waals surface area contributed by atoms with E-state index in [1.54, 1.807) is 10.5 Å². The topological polar surface area (TPSA) is 62.3 Å². The average molecular weight is 269 g/mol. The smallest absolute Gasteiger partial charge is 0.211 e. The van der Waals surface area contributed by atoms with Crippen LogP contribution in [-0.2, 0) is 10.0 Å². The number of rotatable bonds is 3. The molecule has 1 aliphatic rings. The van der Waals surface area contributed by atoms with E-state index in [-0.39, 0.29) is 5.92 Å². The number of piperidine rings is 1. The number of anilines is 1. The van der Waals surface area contributed by atoms with Crippen molar-refractivity contribution in [3.8, 4) is 0 Å². The highest BCUT2D eigenvalue weighted by Crippen LogP contribution is 2.28. The Balaban J connectivity index is 2.18. The van der Waals surface area contributed by atoms with Crippen LogP contribution in [0.3, 0.4) is 0 Å². The molecule has 18 heavy (non-hydrogen) atoms. The van der Waals surface area contributed by atoms with Gasteiger partial charge < -0.3 is 5.32 Å². The van der Waals surface area contributed by atoms with E-state index in [0.717, 1.165) is 24.2 Å². The molecule has 1 aromatic heterocycles. The van der Waals surface area contributed by atoms with Crippen LogP contribution in [0.25, 0.3) is 0 Å². The highest BCUT2D eigenvalue weighted by Gasteiger charge is 2.26. The molecule has 0 amide bonds. The third-order valence-corrected chi connectivity index (χ3v) is 4.63. The summed E-state index contributed by atoms with van der Waals surface area (Å²) in [7, 11) is -1.25. The van der Waals surface area contributed by atoms with Crippen molar-refractivity contribution in [2.75, 3.05) is 31.7 Å². The van der Waals surface area contributed by atoms with Gasteiger partial charge in [-0.1, -0.05) is 0 Å². The van der Waals surface area contributed by atoms with E-state index in [1.807, 2.05) is 19.2 Å². The lowest BCUT2D eigenvalue weighted by Crippen LogP contribution is -2.38. The van der Waals surface area contributed by atoms with Crippen molar-refractivity contribution in [2.45, 2.75) is 18.8 Å². The van der Waals surface area contributed by atoms with E-state index in [1.165, 1.54) is 6.26 Å². The Morgan fingerprint density at radius 1 is 1.50 bits per heavy atom. The first-order chi connectivity index (χ1) is 8.50. The second-order valence-corrected chi connectivity index (χ2v) is 6.67. The molecule has 0 aromatic carbocycles. The Bertz CT molecular complexity index is 516. The van der Waals surface area contributed by atoms with Gasteiger partial charge in [0, 0.05) is 26.3 Å². The Morgan fingerprint density at radius 2 is 2.28 bits per heavy atom. The molecule has 0 radical (unpaired) electrons. The average Bonchev–Trinajstić information content (AvgIpc) is 2.38. The van der Waals surface area contributed by atoms with Crippen molar-refractivity contribution in [3.63, 3.8) is 0 Å². The predicted octanol–water partition coefficient (Wildman–Crippen LogP) is 1.26. The van der Waals surface area contributed by atoms with Gasteiger partial charge in [-0.25, -0.2) is 17.7 Å². The molecule has 0 spiro atoms. The molecule has 1 N–H and O–H groups in total. The van der Waals surface area contributed by atoms with Gasteiger partial charge in [-0.2, -0.15) is 0 Å². The van der Waals surface area contributed by atoms with Gasteiger partial charge in [-0.3, -0.25) is 0 Å². The van der Waals surface area contributed by atoms with Crippen LogP contribution in [0.5, 0.6) is 0 Å². The lowest BCUT2D eigenvalue weighted by molar-refractivity contribution is 0.317. The molecular weight excluding hydrogens is 250 g/mol. The summed E-state index contributed by atoms with van der Waals surface area (Å²) >= 11 is 0. The predicted molar refractivity (Wildman–Crippen MR) is 72.2 cm³/mol. The summed E-state index contributed by atoms with van der Waals surface area (Å²) in [6, 6.07) is 3.97. The molecule has 0 bridgehead atoms. The number of pyridine rings is 1. The van der Waals surface area contributed by atoms with E-state index >= 15 is 0 Å². The second kappa shape index (κ2) is 5.24. The van der Waals surface area contributed by atoms with Gasteiger partial charge >= 0.3 is 0 Å². The number of sulfonamides is 1. The van der Waals surface area contributed by atoms with Crippen LogP contribution < -0.4 is 5.32 Å². The van der Waals surface area contributed by atoms with E-state index in [9.17, 15) is 8.42 Å². The minimum Gasteiger partial charge on any atom is -0.373 e. The maximum Gasteiger partial charge on any atom is 0.211 e. The zero-order valence-corrected chi connectivity index (χ0v) is 11.6. The fourth-order valence-corrected chi connectivity index (χ4v) is 3.26. The molecule has 5 nitrogen and oxygen atoms in total. The monoisotopic (exact) mass is 269 g/mol. The molecule has 1 atom stereocenters. The van der Waals surface area contributed by atoms with Gasteiger partial charge in [-0.15, -0.1) is 0 Å². The highest BCUT2D eigenvalue weighted by atomic mass is 32.2. The van der Waals surface area contributed by atoms with Crippen LogP contribution in [0, 0.1) is 0 Å². The molecular formula is C12H19N3O2S. The van der Waals surface area contributed by atoms with Crippen molar-refractivity contribution >= 4 is 15.8 Å². The molecule has 100 valence electrons. The van der Waals surface area contributed by atoms with E-state index in [2.05, 4.69) is 10.3 Å². The first-order valence-electron chi connectivity index (χ1n) is 6.09. The van der Waals surface area contributed by atoms with Gasteiger partial charge in [0.05, 0.1) is 6.26 Å². The zero-order chi connectivity index (χ0) is 13.2. The summed E-state index contributed by atoms with van der Waals surface area (Å²) in [6.07, 6.45) is 4.98. The largest absolute Gasteiger partial charge is 0.373 e. The molecule has 1 aliphatic heterocycles. The first-order valence-corrected chi connectivity index (χ1v) is 7.94. The van der Waals surface area contributed by atoms with E-state index < -0.39 is 10.0 Å². The van der Waals surface area contributed by atoms with Crippen molar-refractivity contribution in [2.24, 2.45) is 0 Å².